The summed E-state index contributed by atoms with van der Waals surface area (Å²) in [5, 5.41) is 0. The Morgan fingerprint density at radius 1 is 0.455 bits per heavy atom. The Morgan fingerprint density at radius 2 is 0.782 bits per heavy atom. The van der Waals surface area contributed by atoms with Gasteiger partial charge < -0.3 is 37.7 Å². The van der Waals surface area contributed by atoms with Crippen LogP contribution < -0.4 is 0 Å². The maximum Gasteiger partial charge on any atom is 0.469 e. The van der Waals surface area contributed by atoms with Gasteiger partial charge in [0.1, 0.15) is 0 Å². The zero-order valence-electron chi connectivity index (χ0n) is 39.2. The lowest BCUT2D eigenvalue weighted by Gasteiger charge is -2.46. The van der Waals surface area contributed by atoms with Gasteiger partial charge in [0.05, 0.1) is 6.61 Å². The highest BCUT2D eigenvalue weighted by molar-refractivity contribution is 6.93. The highest BCUT2D eigenvalue weighted by Gasteiger charge is 2.55. The topological polar surface area (TPSA) is 100 Å². The van der Waals surface area contributed by atoms with Gasteiger partial charge in [-0.25, -0.2) is 4.79 Å². The van der Waals surface area contributed by atoms with Gasteiger partial charge in [0.15, 0.2) is 66.5 Å². The zero-order valence-corrected chi connectivity index (χ0v) is 51.2. The minimum Gasteiger partial charge on any atom is -0.463 e. The first-order valence-corrected chi connectivity index (χ1v) is 52.6. The maximum atomic E-state index is 12.1. The Morgan fingerprint density at radius 3 is 1.09 bits per heavy atom. The molecule has 0 aromatic heterocycles. The molecule has 0 aromatic rings. The van der Waals surface area contributed by atoms with Gasteiger partial charge in [-0.2, -0.15) is 0 Å². The summed E-state index contributed by atoms with van der Waals surface area (Å²) in [6.07, 6.45) is 1.80. The number of rotatable bonds is 30. The predicted molar refractivity (Wildman–Crippen MR) is 260 cm³/mol. The molecular formula is C33H84O10Si12. The van der Waals surface area contributed by atoms with Gasteiger partial charge in [0, 0.05) is 18.2 Å². The molecule has 0 aliphatic rings. The van der Waals surface area contributed by atoms with Crippen LogP contribution in [0.15, 0.2) is 12.7 Å². The van der Waals surface area contributed by atoms with Crippen LogP contribution in [0.2, 0.25) is 180 Å². The maximum absolute atomic E-state index is 12.1. The summed E-state index contributed by atoms with van der Waals surface area (Å²) >= 11 is 0. The number of hydrogen-bond donors (Lipinski definition) is 0. The Hall–Kier alpha value is 1.49. The van der Waals surface area contributed by atoms with Gasteiger partial charge in [-0.3, -0.25) is 0 Å². The summed E-state index contributed by atoms with van der Waals surface area (Å²) in [5.74, 6) is -0.422. The lowest BCUT2D eigenvalue weighted by Crippen LogP contribution is -2.63. The summed E-state index contributed by atoms with van der Waals surface area (Å²) in [6, 6.07) is 5.91. The summed E-state index contributed by atoms with van der Waals surface area (Å²) in [4.78, 5) is 12.1. The molecule has 10 nitrogen and oxygen atoms in total. The number of carbonyl (C=O) groups is 1. The second kappa shape index (κ2) is 22.5. The fraction of sp³-hybridized carbons (Fsp3) is 0.909. The third-order valence-corrected chi connectivity index (χ3v) is 43.3. The Bertz CT molecular complexity index is 1080. The van der Waals surface area contributed by atoms with Crippen molar-refractivity contribution in [3.8, 4) is 0 Å². The molecule has 0 heterocycles. The van der Waals surface area contributed by atoms with Crippen molar-refractivity contribution in [3.05, 3.63) is 12.7 Å². The molecule has 0 fully saturated rings. The van der Waals surface area contributed by atoms with Crippen LogP contribution in [-0.4, -0.2) is 116 Å². The smallest absolute Gasteiger partial charge is 0.463 e. The van der Waals surface area contributed by atoms with Gasteiger partial charge in [0.25, 0.3) is 0 Å². The third kappa shape index (κ3) is 30.2. The first-order valence-electron chi connectivity index (χ1n) is 20.1. The van der Waals surface area contributed by atoms with Crippen LogP contribution in [0.5, 0.6) is 0 Å². The third-order valence-electron chi connectivity index (χ3n) is 7.17. The lowest BCUT2D eigenvalue weighted by molar-refractivity contribution is -0.137. The number of esters is 1. The van der Waals surface area contributed by atoms with Crippen LogP contribution in [0.3, 0.4) is 0 Å². The average Bonchev–Trinajstić information content (AvgIpc) is 2.90. The first-order chi connectivity index (χ1) is 24.3. The molecule has 22 heteroatoms. The standard InChI is InChI=1S/C33H84O10Si12/c1-23-33(34)35-25-24-28-54(41-51(17,18)29-26-44-36-46(2,3)4,42-52(19,20)30-27-45-37-47(5,6)7)43-53(21,22)31-32-55(38-48(8,9)10,39-49(11,12)13)40-50(14,15)16/h23H,1,24-32H2,2-22H3. The van der Waals surface area contributed by atoms with E-state index in [-0.39, 0.29) is 6.61 Å². The number of hydrogen-bond acceptors (Lipinski definition) is 10. The van der Waals surface area contributed by atoms with Crippen LogP contribution in [0.1, 0.15) is 6.42 Å². The molecule has 0 unspecified atom stereocenters. The molecule has 0 atom stereocenters. The van der Waals surface area contributed by atoms with E-state index in [0.29, 0.717) is 38.0 Å². The Kier molecular flexibility index (Phi) is 23.2. The first kappa shape index (κ1) is 56.5. The molecule has 55 heavy (non-hydrogen) atoms. The molecule has 324 valence electrons. The summed E-state index contributed by atoms with van der Waals surface area (Å²) in [5.41, 5.74) is 0. The van der Waals surface area contributed by atoms with Crippen molar-refractivity contribution in [2.75, 3.05) is 6.61 Å². The van der Waals surface area contributed by atoms with Crippen molar-refractivity contribution in [2.24, 2.45) is 0 Å². The van der Waals surface area contributed by atoms with Gasteiger partial charge >= 0.3 is 23.6 Å². The summed E-state index contributed by atoms with van der Waals surface area (Å²) in [6.45, 7) is 51.2. The highest BCUT2D eigenvalue weighted by atomic mass is 28.5. The molecule has 0 rings (SSSR count). The van der Waals surface area contributed by atoms with E-state index in [4.69, 9.17) is 37.7 Å². The zero-order chi connectivity index (χ0) is 43.4. The normalized spacial score (nSPS) is 14.7. The SMILES string of the molecule is C=CC(=O)OCCC[Si](O[Si](C)(C)CC[Si]O[Si](C)(C)C)(O[Si](C)(C)CC[Si]O[Si](C)(C)C)O[Si](C)(C)CC[Si](O[Si](C)(C)C)(O[Si](C)(C)C)O[Si](C)(C)C. The fourth-order valence-corrected chi connectivity index (χ4v) is 47.8. The van der Waals surface area contributed by atoms with Crippen molar-refractivity contribution in [3.63, 3.8) is 0 Å². The molecule has 0 saturated carbocycles. The van der Waals surface area contributed by atoms with E-state index in [1.807, 2.05) is 0 Å². The van der Waals surface area contributed by atoms with Crippen molar-refractivity contribution < 1.29 is 42.5 Å². The predicted octanol–water partition coefficient (Wildman–Crippen LogP) is 11.0. The van der Waals surface area contributed by atoms with Crippen molar-refractivity contribution in [1.82, 2.24) is 0 Å². The molecule has 0 aliphatic heterocycles. The molecule has 0 spiro atoms. The summed E-state index contributed by atoms with van der Waals surface area (Å²) in [7, 11) is -22.2. The average molecular weight is 978 g/mol. The second-order valence-corrected chi connectivity index (χ2v) is 66.3. The Labute approximate surface area is 355 Å². The van der Waals surface area contributed by atoms with E-state index in [2.05, 4.69) is 144 Å². The monoisotopic (exact) mass is 976 g/mol. The van der Waals surface area contributed by atoms with Crippen LogP contribution in [0, 0.1) is 0 Å². The minimum atomic E-state index is -3.39. The van der Waals surface area contributed by atoms with Crippen molar-refractivity contribution >= 4 is 110 Å². The van der Waals surface area contributed by atoms with Crippen LogP contribution in [0.4, 0.5) is 0 Å². The fourth-order valence-electron chi connectivity index (χ4n) is 5.46. The lowest BCUT2D eigenvalue weighted by atomic mass is 10.5. The number of carbonyl (C=O) groups excluding carboxylic acids is 1. The van der Waals surface area contributed by atoms with Crippen LogP contribution >= 0.6 is 0 Å². The van der Waals surface area contributed by atoms with Crippen molar-refractivity contribution in [2.45, 2.75) is 186 Å². The van der Waals surface area contributed by atoms with Gasteiger partial charge in [0.2, 0.25) is 19.5 Å². The second-order valence-electron chi connectivity index (χ2n) is 21.3. The molecule has 0 bridgehead atoms. The molecule has 0 amide bonds. The van der Waals surface area contributed by atoms with Crippen LogP contribution in [-0.2, 0) is 42.5 Å². The van der Waals surface area contributed by atoms with E-state index < -0.39 is 90.1 Å². The molecule has 0 N–H and O–H groups in total. The van der Waals surface area contributed by atoms with Gasteiger partial charge in [-0.05, 0) is 174 Å². The molecule has 0 saturated heterocycles. The quantitative estimate of drug-likeness (QED) is 0.0299. The highest BCUT2D eigenvalue weighted by Crippen LogP contribution is 2.37. The van der Waals surface area contributed by atoms with Crippen molar-refractivity contribution in [1.29, 1.82) is 0 Å². The molecule has 0 aliphatic carbocycles. The van der Waals surface area contributed by atoms with Gasteiger partial charge in [-0.15, -0.1) is 0 Å². The van der Waals surface area contributed by atoms with E-state index in [0.717, 1.165) is 30.2 Å². The Balaban J connectivity index is 7.05. The number of ether oxygens (including phenoxy) is 1. The van der Waals surface area contributed by atoms with Crippen LogP contribution in [0.25, 0.3) is 0 Å². The summed E-state index contributed by atoms with van der Waals surface area (Å²) < 4.78 is 62.0. The molecule has 4 radical (unpaired) electrons. The minimum absolute atomic E-state index is 0.257. The van der Waals surface area contributed by atoms with E-state index in [9.17, 15) is 4.79 Å². The van der Waals surface area contributed by atoms with Gasteiger partial charge in [-0.1, -0.05) is 6.58 Å². The van der Waals surface area contributed by atoms with E-state index in [1.54, 1.807) is 0 Å². The van der Waals surface area contributed by atoms with E-state index in [1.165, 1.54) is 6.08 Å². The molecule has 0 aromatic carbocycles. The van der Waals surface area contributed by atoms with E-state index >= 15 is 0 Å². The largest absolute Gasteiger partial charge is 0.469 e. The molecular weight excluding hydrogens is 893 g/mol.